The van der Waals surface area contributed by atoms with Crippen LogP contribution >= 0.6 is 11.6 Å². The zero-order valence-electron chi connectivity index (χ0n) is 13.4. The van der Waals surface area contributed by atoms with E-state index in [0.717, 1.165) is 5.69 Å². The minimum absolute atomic E-state index is 0.0147. The zero-order chi connectivity index (χ0) is 17.6. The Morgan fingerprint density at radius 2 is 2.20 bits per heavy atom. The summed E-state index contributed by atoms with van der Waals surface area (Å²) in [6.07, 6.45) is 2.39. The van der Waals surface area contributed by atoms with Crippen molar-refractivity contribution in [1.29, 1.82) is 0 Å². The van der Waals surface area contributed by atoms with Gasteiger partial charge in [0.2, 0.25) is 5.91 Å². The molecule has 2 aliphatic rings. The van der Waals surface area contributed by atoms with Crippen LogP contribution in [0.4, 0.5) is 5.82 Å². The summed E-state index contributed by atoms with van der Waals surface area (Å²) in [5.41, 5.74) is -0.374. The van der Waals surface area contributed by atoms with Gasteiger partial charge in [0.1, 0.15) is 16.8 Å². The normalized spacial score (nSPS) is 23.6. The van der Waals surface area contributed by atoms with Crippen LogP contribution in [-0.4, -0.2) is 44.2 Å². The average molecular weight is 362 g/mol. The van der Waals surface area contributed by atoms with Crippen LogP contribution in [0.2, 0.25) is 5.15 Å². The predicted molar refractivity (Wildman–Crippen MR) is 88.0 cm³/mol. The van der Waals surface area contributed by atoms with Crippen molar-refractivity contribution in [3.05, 3.63) is 40.8 Å². The van der Waals surface area contributed by atoms with E-state index < -0.39 is 5.60 Å². The molecule has 1 aliphatic heterocycles. The first-order valence-electron chi connectivity index (χ1n) is 7.90. The van der Waals surface area contributed by atoms with Gasteiger partial charge in [-0.2, -0.15) is 0 Å². The Labute approximate surface area is 148 Å². The van der Waals surface area contributed by atoms with Gasteiger partial charge in [0, 0.05) is 29.8 Å². The van der Waals surface area contributed by atoms with Gasteiger partial charge in [-0.15, -0.1) is 0 Å². The molecule has 2 fully saturated rings. The summed E-state index contributed by atoms with van der Waals surface area (Å²) >= 11 is 5.98. The first-order chi connectivity index (χ1) is 11.9. The third kappa shape index (κ3) is 3.20. The fourth-order valence-electron chi connectivity index (χ4n) is 2.75. The van der Waals surface area contributed by atoms with Crippen molar-refractivity contribution in [3.63, 3.8) is 0 Å². The second-order valence-electron chi connectivity index (χ2n) is 6.42. The second-order valence-corrected chi connectivity index (χ2v) is 6.81. The predicted octanol–water partition coefficient (Wildman–Crippen LogP) is 1.19. The molecule has 0 aromatic carbocycles. The summed E-state index contributed by atoms with van der Waals surface area (Å²) in [7, 11) is 0. The highest BCUT2D eigenvalue weighted by molar-refractivity contribution is 6.29. The van der Waals surface area contributed by atoms with Crippen LogP contribution in [0.3, 0.4) is 0 Å². The molecule has 130 valence electrons. The summed E-state index contributed by atoms with van der Waals surface area (Å²) < 4.78 is 5.00. The van der Waals surface area contributed by atoms with Crippen LogP contribution in [0.25, 0.3) is 0 Å². The van der Waals surface area contributed by atoms with E-state index in [2.05, 4.69) is 25.3 Å². The number of amides is 1. The minimum Gasteiger partial charge on any atom is -0.377 e. The van der Waals surface area contributed by atoms with Gasteiger partial charge in [-0.1, -0.05) is 11.6 Å². The lowest BCUT2D eigenvalue weighted by Crippen LogP contribution is -2.48. The number of hydrogen-bond donors (Lipinski definition) is 2. The molecular weight excluding hydrogens is 346 g/mol. The van der Waals surface area contributed by atoms with Gasteiger partial charge in [0.15, 0.2) is 11.4 Å². The second kappa shape index (κ2) is 5.98. The van der Waals surface area contributed by atoms with Crippen molar-refractivity contribution in [2.24, 2.45) is 5.92 Å². The van der Waals surface area contributed by atoms with E-state index in [9.17, 15) is 9.90 Å². The van der Waals surface area contributed by atoms with Crippen molar-refractivity contribution in [3.8, 4) is 0 Å². The average Bonchev–Trinajstić information content (AvgIpc) is 3.33. The summed E-state index contributed by atoms with van der Waals surface area (Å²) in [5.74, 6) is 0.734. The smallest absolute Gasteiger partial charge is 0.229 e. The molecule has 0 bridgehead atoms. The van der Waals surface area contributed by atoms with Crippen molar-refractivity contribution in [2.75, 3.05) is 18.5 Å². The maximum atomic E-state index is 12.4. The largest absolute Gasteiger partial charge is 0.377 e. The molecule has 8 nitrogen and oxygen atoms in total. The Bertz CT molecular complexity index is 842. The minimum atomic E-state index is -1.25. The lowest BCUT2D eigenvalue weighted by atomic mass is 10.0. The molecule has 0 radical (unpaired) electrons. The number of carbonyl (C=O) groups excluding carboxylic acids is 1. The molecule has 1 aliphatic carbocycles. The highest BCUT2D eigenvalue weighted by atomic mass is 35.5. The molecule has 4 rings (SSSR count). The van der Waals surface area contributed by atoms with Gasteiger partial charge < -0.3 is 15.2 Å². The van der Waals surface area contributed by atoms with Gasteiger partial charge in [-0.05, 0) is 19.4 Å². The molecule has 9 heteroatoms. The lowest BCUT2D eigenvalue weighted by molar-refractivity contribution is -0.189. The van der Waals surface area contributed by atoms with Crippen LogP contribution in [-0.2, 0) is 15.1 Å². The molecule has 1 saturated carbocycles. The van der Waals surface area contributed by atoms with Crippen molar-refractivity contribution < 1.29 is 14.6 Å². The molecular formula is C16H16ClN5O3. The van der Waals surface area contributed by atoms with Crippen LogP contribution in [0.1, 0.15) is 29.7 Å². The third-order valence-corrected chi connectivity index (χ3v) is 4.51. The Kier molecular flexibility index (Phi) is 3.90. The van der Waals surface area contributed by atoms with Crippen molar-refractivity contribution >= 4 is 23.3 Å². The van der Waals surface area contributed by atoms with E-state index in [1.165, 1.54) is 6.07 Å². The molecule has 0 spiro atoms. The maximum absolute atomic E-state index is 12.4. The number of halogens is 1. The van der Waals surface area contributed by atoms with E-state index in [4.69, 9.17) is 16.3 Å². The highest BCUT2D eigenvalue weighted by Gasteiger charge is 2.46. The summed E-state index contributed by atoms with van der Waals surface area (Å²) in [6.45, 7) is 2.11. The molecule has 3 heterocycles. The molecule has 2 aromatic heterocycles. The maximum Gasteiger partial charge on any atom is 0.229 e. The van der Waals surface area contributed by atoms with Crippen molar-refractivity contribution in [1.82, 2.24) is 19.9 Å². The van der Waals surface area contributed by atoms with Gasteiger partial charge >= 0.3 is 0 Å². The number of nitrogens with one attached hydrogen (secondary N) is 1. The lowest BCUT2D eigenvalue weighted by Gasteiger charge is -2.34. The van der Waals surface area contributed by atoms with Crippen LogP contribution in [0, 0.1) is 12.8 Å². The Morgan fingerprint density at radius 3 is 2.88 bits per heavy atom. The highest BCUT2D eigenvalue weighted by Crippen LogP contribution is 2.46. The third-order valence-electron chi connectivity index (χ3n) is 4.32. The van der Waals surface area contributed by atoms with Crippen molar-refractivity contribution in [2.45, 2.75) is 24.9 Å². The number of hydrogen-bond acceptors (Lipinski definition) is 7. The molecule has 2 aromatic rings. The van der Waals surface area contributed by atoms with E-state index in [1.54, 1.807) is 6.20 Å². The number of anilines is 1. The van der Waals surface area contributed by atoms with E-state index in [0.29, 0.717) is 12.2 Å². The Morgan fingerprint density at radius 1 is 1.40 bits per heavy atom. The summed E-state index contributed by atoms with van der Waals surface area (Å²) in [5, 5.41) is 13.2. The first kappa shape index (κ1) is 16.3. The van der Waals surface area contributed by atoms with Gasteiger partial charge in [-0.25, -0.2) is 19.9 Å². The van der Waals surface area contributed by atoms with Gasteiger partial charge in [0.25, 0.3) is 0 Å². The van der Waals surface area contributed by atoms with Crippen LogP contribution in [0.15, 0.2) is 18.3 Å². The number of ether oxygens (including phenoxy) is 1. The SMILES string of the molecule is Cc1ccnc([C@H]2C[C@@H]2C(=O)Nc2cc(Cl)nc(C3(O)COC3)n2)n1. The quantitative estimate of drug-likeness (QED) is 0.787. The number of carbonyl (C=O) groups is 1. The molecule has 0 unspecified atom stereocenters. The number of aryl methyl sites for hydroxylation is 1. The van der Waals surface area contributed by atoms with Gasteiger partial charge in [0.05, 0.1) is 13.2 Å². The summed E-state index contributed by atoms with van der Waals surface area (Å²) in [4.78, 5) is 29.3. The zero-order valence-corrected chi connectivity index (χ0v) is 14.2. The number of rotatable bonds is 4. The van der Waals surface area contributed by atoms with Gasteiger partial charge in [-0.3, -0.25) is 4.79 Å². The fraction of sp³-hybridized carbons (Fsp3) is 0.438. The van der Waals surface area contributed by atoms with E-state index in [1.807, 2.05) is 13.0 Å². The molecule has 25 heavy (non-hydrogen) atoms. The van der Waals surface area contributed by atoms with E-state index >= 15 is 0 Å². The Balaban J connectivity index is 1.47. The molecule has 1 amide bonds. The number of aromatic nitrogens is 4. The standard InChI is InChI=1S/C16H16ClN5O3/c1-8-2-3-18-13(19-8)9-4-10(9)14(23)21-12-5-11(17)20-15(22-12)16(24)6-25-7-16/h2-3,5,9-10,24H,4,6-7H2,1H3,(H,20,21,22,23)/t9-,10-/m0/s1. The van der Waals surface area contributed by atoms with E-state index in [-0.39, 0.29) is 47.8 Å². The Hall–Kier alpha value is -2.16. The molecule has 2 atom stereocenters. The molecule has 1 saturated heterocycles. The van der Waals surface area contributed by atoms with Crippen LogP contribution in [0.5, 0.6) is 0 Å². The monoisotopic (exact) mass is 361 g/mol. The number of aliphatic hydroxyl groups is 1. The first-order valence-corrected chi connectivity index (χ1v) is 8.28. The fourth-order valence-corrected chi connectivity index (χ4v) is 2.93. The topological polar surface area (TPSA) is 110 Å². The number of nitrogens with zero attached hydrogens (tertiary/aromatic N) is 4. The summed E-state index contributed by atoms with van der Waals surface area (Å²) in [6, 6.07) is 3.27. The van der Waals surface area contributed by atoms with Crippen LogP contribution < -0.4 is 5.32 Å². The molecule has 2 N–H and O–H groups in total.